The number of carbonyl (C=O) groups is 2. The molecule has 6 nitrogen and oxygen atoms in total. The largest absolute Gasteiger partial charge is 0.336 e. The van der Waals surface area contributed by atoms with Crippen molar-refractivity contribution in [3.05, 3.63) is 59.1 Å². The smallest absolute Gasteiger partial charge is 0.323 e. The number of urea groups is 1. The highest BCUT2D eigenvalue weighted by molar-refractivity contribution is 6.30. The molecule has 0 aliphatic carbocycles. The average molecular weight is 373 g/mol. The molecular formula is C19H21ClN4O2. The second-order valence-corrected chi connectivity index (χ2v) is 6.70. The summed E-state index contributed by atoms with van der Waals surface area (Å²) in [4.78, 5) is 28.8. The number of rotatable bonds is 3. The van der Waals surface area contributed by atoms with Crippen molar-refractivity contribution >= 4 is 34.9 Å². The minimum absolute atomic E-state index is 0.0167. The first-order chi connectivity index (χ1) is 12.5. The van der Waals surface area contributed by atoms with Gasteiger partial charge in [-0.2, -0.15) is 0 Å². The number of amides is 3. The van der Waals surface area contributed by atoms with E-state index in [0.717, 1.165) is 13.1 Å². The van der Waals surface area contributed by atoms with Crippen LogP contribution < -0.4 is 10.6 Å². The molecule has 1 heterocycles. The molecule has 0 bridgehead atoms. The van der Waals surface area contributed by atoms with Gasteiger partial charge in [0.1, 0.15) is 0 Å². The number of benzene rings is 2. The summed E-state index contributed by atoms with van der Waals surface area (Å²) >= 11 is 5.91. The summed E-state index contributed by atoms with van der Waals surface area (Å²) in [5.74, 6) is -0.0167. The lowest BCUT2D eigenvalue weighted by molar-refractivity contribution is 0.0664. The first kappa shape index (κ1) is 18.2. The molecule has 2 aromatic rings. The Balaban J connectivity index is 1.63. The number of hydrogen-bond acceptors (Lipinski definition) is 3. The van der Waals surface area contributed by atoms with Crippen molar-refractivity contribution in [1.82, 2.24) is 9.80 Å². The summed E-state index contributed by atoms with van der Waals surface area (Å²) in [6, 6.07) is 13.5. The number of anilines is 2. The third-order valence-electron chi connectivity index (χ3n) is 4.24. The topological polar surface area (TPSA) is 64.7 Å². The number of likely N-dealkylation sites (N-methyl/N-ethyl adjacent to an activating group) is 1. The summed E-state index contributed by atoms with van der Waals surface area (Å²) in [6.07, 6.45) is 0. The highest BCUT2D eigenvalue weighted by Crippen LogP contribution is 2.17. The second-order valence-electron chi connectivity index (χ2n) is 6.27. The minimum atomic E-state index is -0.392. The maximum Gasteiger partial charge on any atom is 0.323 e. The maximum absolute atomic E-state index is 12.6. The van der Waals surface area contributed by atoms with E-state index in [4.69, 9.17) is 11.6 Å². The Bertz CT molecular complexity index is 804. The van der Waals surface area contributed by atoms with Crippen LogP contribution in [-0.4, -0.2) is 55.0 Å². The van der Waals surface area contributed by atoms with Crippen LogP contribution in [0.1, 0.15) is 10.4 Å². The molecule has 1 saturated heterocycles. The van der Waals surface area contributed by atoms with Gasteiger partial charge >= 0.3 is 6.03 Å². The number of carbonyl (C=O) groups excluding carboxylic acids is 2. The molecule has 3 amide bonds. The molecular weight excluding hydrogens is 352 g/mol. The monoisotopic (exact) mass is 372 g/mol. The predicted octanol–water partition coefficient (Wildman–Crippen LogP) is 3.37. The molecule has 0 spiro atoms. The van der Waals surface area contributed by atoms with Gasteiger partial charge in [0.05, 0.1) is 0 Å². The molecule has 26 heavy (non-hydrogen) atoms. The van der Waals surface area contributed by atoms with E-state index in [1.165, 1.54) is 0 Å². The molecule has 136 valence electrons. The normalized spacial score (nSPS) is 14.8. The van der Waals surface area contributed by atoms with Crippen LogP contribution in [0.25, 0.3) is 0 Å². The molecule has 2 aromatic carbocycles. The van der Waals surface area contributed by atoms with Crippen LogP contribution in [0.15, 0.2) is 48.5 Å². The lowest BCUT2D eigenvalue weighted by atomic mass is 10.1. The zero-order valence-electron chi connectivity index (χ0n) is 14.5. The third-order valence-corrected chi connectivity index (χ3v) is 4.48. The molecule has 1 aliphatic heterocycles. The van der Waals surface area contributed by atoms with Gasteiger partial charge in [0, 0.05) is 48.1 Å². The minimum Gasteiger partial charge on any atom is -0.336 e. The van der Waals surface area contributed by atoms with Gasteiger partial charge in [-0.3, -0.25) is 4.79 Å². The standard InChI is InChI=1S/C19H21ClN4O2/c1-23-8-10-24(11-9-23)18(25)14-4-2-6-16(12-14)21-19(26)22-17-7-3-5-15(20)13-17/h2-7,12-13H,8-11H2,1H3,(H2,21,22,26). The molecule has 2 N–H and O–H groups in total. The van der Waals surface area contributed by atoms with Gasteiger partial charge in [0.2, 0.25) is 0 Å². The number of nitrogens with one attached hydrogen (secondary N) is 2. The summed E-state index contributed by atoms with van der Waals surface area (Å²) in [5, 5.41) is 6.00. The van der Waals surface area contributed by atoms with Crippen LogP contribution in [0.5, 0.6) is 0 Å². The molecule has 0 radical (unpaired) electrons. The number of nitrogens with zero attached hydrogens (tertiary/aromatic N) is 2. The Morgan fingerprint density at radius 2 is 1.54 bits per heavy atom. The number of piperazine rings is 1. The van der Waals surface area contributed by atoms with E-state index in [0.29, 0.717) is 35.1 Å². The highest BCUT2D eigenvalue weighted by Gasteiger charge is 2.20. The fourth-order valence-corrected chi connectivity index (χ4v) is 2.97. The fourth-order valence-electron chi connectivity index (χ4n) is 2.78. The first-order valence-corrected chi connectivity index (χ1v) is 8.80. The molecule has 0 saturated carbocycles. The van der Waals surface area contributed by atoms with Crippen LogP contribution in [0.3, 0.4) is 0 Å². The molecule has 3 rings (SSSR count). The Hall–Kier alpha value is -2.57. The number of halogens is 1. The van der Waals surface area contributed by atoms with Crippen molar-refractivity contribution in [2.75, 3.05) is 43.9 Å². The van der Waals surface area contributed by atoms with Crippen molar-refractivity contribution in [2.24, 2.45) is 0 Å². The van der Waals surface area contributed by atoms with Crippen molar-refractivity contribution in [2.45, 2.75) is 0 Å². The average Bonchev–Trinajstić information content (AvgIpc) is 2.62. The fraction of sp³-hybridized carbons (Fsp3) is 0.263. The van der Waals surface area contributed by atoms with Crippen LogP contribution in [0.2, 0.25) is 5.02 Å². The lowest BCUT2D eigenvalue weighted by Crippen LogP contribution is -2.47. The Morgan fingerprint density at radius 1 is 0.923 bits per heavy atom. The maximum atomic E-state index is 12.6. The van der Waals surface area contributed by atoms with Crippen LogP contribution in [-0.2, 0) is 0 Å². The predicted molar refractivity (Wildman–Crippen MR) is 104 cm³/mol. The van der Waals surface area contributed by atoms with Gasteiger partial charge in [0.25, 0.3) is 5.91 Å². The van der Waals surface area contributed by atoms with Gasteiger partial charge in [-0.05, 0) is 43.4 Å². The second kappa shape index (κ2) is 8.21. The van der Waals surface area contributed by atoms with Gasteiger partial charge in [-0.1, -0.05) is 23.7 Å². The van der Waals surface area contributed by atoms with E-state index >= 15 is 0 Å². The lowest BCUT2D eigenvalue weighted by Gasteiger charge is -2.32. The van der Waals surface area contributed by atoms with Gasteiger partial charge in [0.15, 0.2) is 0 Å². The molecule has 0 atom stereocenters. The van der Waals surface area contributed by atoms with Crippen molar-refractivity contribution in [3.8, 4) is 0 Å². The van der Waals surface area contributed by atoms with Gasteiger partial charge < -0.3 is 20.4 Å². The van der Waals surface area contributed by atoms with Crippen LogP contribution >= 0.6 is 11.6 Å². The number of hydrogen-bond donors (Lipinski definition) is 2. The SMILES string of the molecule is CN1CCN(C(=O)c2cccc(NC(=O)Nc3cccc(Cl)c3)c2)CC1. The Morgan fingerprint density at radius 3 is 2.19 bits per heavy atom. The van der Waals surface area contributed by atoms with E-state index in [2.05, 4.69) is 15.5 Å². The van der Waals surface area contributed by atoms with Gasteiger partial charge in [-0.15, -0.1) is 0 Å². The van der Waals surface area contributed by atoms with E-state index in [-0.39, 0.29) is 5.91 Å². The van der Waals surface area contributed by atoms with Crippen molar-refractivity contribution in [3.63, 3.8) is 0 Å². The summed E-state index contributed by atoms with van der Waals surface area (Å²) in [7, 11) is 2.05. The zero-order valence-corrected chi connectivity index (χ0v) is 15.3. The Labute approximate surface area is 157 Å². The molecule has 0 aromatic heterocycles. The molecule has 7 heteroatoms. The van der Waals surface area contributed by atoms with E-state index < -0.39 is 6.03 Å². The first-order valence-electron chi connectivity index (χ1n) is 8.43. The highest BCUT2D eigenvalue weighted by atomic mass is 35.5. The van der Waals surface area contributed by atoms with E-state index in [9.17, 15) is 9.59 Å². The summed E-state index contributed by atoms with van der Waals surface area (Å²) in [5.41, 5.74) is 1.72. The van der Waals surface area contributed by atoms with Gasteiger partial charge in [-0.25, -0.2) is 4.79 Å². The van der Waals surface area contributed by atoms with E-state index in [1.807, 2.05) is 11.9 Å². The summed E-state index contributed by atoms with van der Waals surface area (Å²) < 4.78 is 0. The van der Waals surface area contributed by atoms with Crippen LogP contribution in [0.4, 0.5) is 16.2 Å². The third kappa shape index (κ3) is 4.74. The summed E-state index contributed by atoms with van der Waals surface area (Å²) in [6.45, 7) is 3.15. The van der Waals surface area contributed by atoms with E-state index in [1.54, 1.807) is 48.5 Å². The Kier molecular flexibility index (Phi) is 5.75. The van der Waals surface area contributed by atoms with Crippen molar-refractivity contribution < 1.29 is 9.59 Å². The zero-order chi connectivity index (χ0) is 18.5. The molecule has 0 unspecified atom stereocenters. The van der Waals surface area contributed by atoms with Crippen LogP contribution in [0, 0.1) is 0 Å². The molecule has 1 aliphatic rings. The molecule has 1 fully saturated rings. The van der Waals surface area contributed by atoms with Crippen molar-refractivity contribution in [1.29, 1.82) is 0 Å². The quantitative estimate of drug-likeness (QED) is 0.868.